The number of rotatable bonds is 13. The van der Waals surface area contributed by atoms with Gasteiger partial charge in [0, 0.05) is 18.7 Å². The fourth-order valence-corrected chi connectivity index (χ4v) is 4.51. The molecule has 0 saturated heterocycles. The van der Waals surface area contributed by atoms with Crippen molar-refractivity contribution >= 4 is 29.5 Å². The first kappa shape index (κ1) is 33.3. The summed E-state index contributed by atoms with van der Waals surface area (Å²) < 4.78 is 5.41. The molecular formula is C32H46N4O5. The number of aryl methyl sites for hydroxylation is 3. The van der Waals surface area contributed by atoms with Gasteiger partial charge in [0.25, 0.3) is 5.91 Å². The molecule has 9 heteroatoms. The number of hydrogen-bond donors (Lipinski definition) is 3. The quantitative estimate of drug-likeness (QED) is 0.277. The van der Waals surface area contributed by atoms with Crippen molar-refractivity contribution in [3.63, 3.8) is 0 Å². The van der Waals surface area contributed by atoms with Crippen molar-refractivity contribution in [1.82, 2.24) is 10.2 Å². The molecule has 0 bridgehead atoms. The Labute approximate surface area is 244 Å². The molecule has 0 spiro atoms. The Kier molecular flexibility index (Phi) is 12.4. The second kappa shape index (κ2) is 15.2. The van der Waals surface area contributed by atoms with Crippen molar-refractivity contribution in [2.75, 3.05) is 11.9 Å². The number of nitrogens with one attached hydrogen (secondary N) is 2. The van der Waals surface area contributed by atoms with Gasteiger partial charge < -0.3 is 26.0 Å². The van der Waals surface area contributed by atoms with Crippen LogP contribution in [0.15, 0.2) is 42.5 Å². The average Bonchev–Trinajstić information content (AvgIpc) is 2.87. The van der Waals surface area contributed by atoms with E-state index in [9.17, 15) is 19.2 Å². The van der Waals surface area contributed by atoms with Crippen LogP contribution in [0.3, 0.4) is 0 Å². The lowest BCUT2D eigenvalue weighted by atomic mass is 9.95. The number of carbonyl (C=O) groups is 4. The summed E-state index contributed by atoms with van der Waals surface area (Å²) in [6.45, 7) is 13.2. The van der Waals surface area contributed by atoms with Crippen LogP contribution in [0.5, 0.6) is 0 Å². The fraction of sp³-hybridized carbons (Fsp3) is 0.500. The van der Waals surface area contributed by atoms with Crippen LogP contribution in [0.1, 0.15) is 88.1 Å². The normalized spacial score (nSPS) is 12.7. The molecule has 0 aliphatic carbocycles. The molecule has 41 heavy (non-hydrogen) atoms. The van der Waals surface area contributed by atoms with Gasteiger partial charge in [-0.2, -0.15) is 0 Å². The molecule has 2 aromatic rings. The third-order valence-corrected chi connectivity index (χ3v) is 6.65. The van der Waals surface area contributed by atoms with Crippen LogP contribution in [0.4, 0.5) is 10.5 Å². The molecule has 2 rings (SSSR count). The molecule has 0 aromatic heterocycles. The summed E-state index contributed by atoms with van der Waals surface area (Å²) in [5.41, 5.74) is 8.62. The van der Waals surface area contributed by atoms with E-state index in [-0.39, 0.29) is 25.3 Å². The Morgan fingerprint density at radius 1 is 0.976 bits per heavy atom. The van der Waals surface area contributed by atoms with E-state index in [1.807, 2.05) is 63.2 Å². The molecule has 2 unspecified atom stereocenters. The van der Waals surface area contributed by atoms with E-state index in [1.54, 1.807) is 20.8 Å². The van der Waals surface area contributed by atoms with Crippen LogP contribution in [-0.2, 0) is 19.1 Å². The lowest BCUT2D eigenvalue weighted by Gasteiger charge is -2.35. The summed E-state index contributed by atoms with van der Waals surface area (Å²) in [7, 11) is 0. The number of para-hydroxylation sites is 1. The number of hydrogen-bond acceptors (Lipinski definition) is 5. The van der Waals surface area contributed by atoms with E-state index in [1.165, 1.54) is 4.90 Å². The van der Waals surface area contributed by atoms with Crippen LogP contribution in [0, 0.1) is 20.8 Å². The fourth-order valence-electron chi connectivity index (χ4n) is 4.51. The number of anilines is 1. The van der Waals surface area contributed by atoms with Gasteiger partial charge in [0.2, 0.25) is 11.8 Å². The van der Waals surface area contributed by atoms with Crippen LogP contribution >= 0.6 is 0 Å². The average molecular weight is 567 g/mol. The number of benzene rings is 2. The first-order chi connectivity index (χ1) is 19.2. The summed E-state index contributed by atoms with van der Waals surface area (Å²) in [6.07, 6.45) is 1.45. The summed E-state index contributed by atoms with van der Waals surface area (Å²) in [5, 5.41) is 5.66. The number of ether oxygens (including phenoxy) is 1. The van der Waals surface area contributed by atoms with Gasteiger partial charge in [-0.1, -0.05) is 61.7 Å². The zero-order chi connectivity index (χ0) is 30.7. The second-order valence-electron chi connectivity index (χ2n) is 11.5. The lowest BCUT2D eigenvalue weighted by molar-refractivity contribution is -0.141. The van der Waals surface area contributed by atoms with Crippen LogP contribution in [-0.4, -0.2) is 46.9 Å². The zero-order valence-corrected chi connectivity index (χ0v) is 25.5. The number of alkyl carbamates (subject to hydrolysis) is 1. The van der Waals surface area contributed by atoms with Crippen LogP contribution in [0.2, 0.25) is 0 Å². The number of nitrogens with zero attached hydrogens (tertiary/aromatic N) is 1. The molecule has 2 aromatic carbocycles. The van der Waals surface area contributed by atoms with E-state index in [0.717, 1.165) is 29.5 Å². The Morgan fingerprint density at radius 2 is 1.66 bits per heavy atom. The van der Waals surface area contributed by atoms with Crippen molar-refractivity contribution in [3.8, 4) is 0 Å². The standard InChI is InChI=1S/C32H46N4O5/c1-8-9-12-19-36(30(39)26(17-18-27(33)37)35-31(40)41-32(5,6)7)28(24-20-21(2)15-16-22(24)3)29(38)34-25-14-11-10-13-23(25)4/h10-11,13-16,20,26,28H,8-9,12,17-19H2,1-7H3,(H2,33,37)(H,34,38)(H,35,40). The summed E-state index contributed by atoms with van der Waals surface area (Å²) in [6, 6.07) is 11.1. The topological polar surface area (TPSA) is 131 Å². The highest BCUT2D eigenvalue weighted by molar-refractivity contribution is 5.99. The molecule has 224 valence electrons. The van der Waals surface area contributed by atoms with Gasteiger partial charge in [-0.3, -0.25) is 14.4 Å². The van der Waals surface area contributed by atoms with E-state index in [0.29, 0.717) is 17.7 Å². The largest absolute Gasteiger partial charge is 0.444 e. The van der Waals surface area contributed by atoms with Crippen molar-refractivity contribution in [2.45, 2.75) is 98.3 Å². The summed E-state index contributed by atoms with van der Waals surface area (Å²) in [4.78, 5) is 54.4. The first-order valence-corrected chi connectivity index (χ1v) is 14.3. The number of unbranched alkanes of at least 4 members (excludes halogenated alkanes) is 2. The van der Waals surface area contributed by atoms with E-state index >= 15 is 0 Å². The van der Waals surface area contributed by atoms with Crippen LogP contribution in [0.25, 0.3) is 0 Å². The van der Waals surface area contributed by atoms with E-state index in [4.69, 9.17) is 10.5 Å². The third-order valence-electron chi connectivity index (χ3n) is 6.65. The molecule has 2 atom stereocenters. The molecule has 0 heterocycles. The number of carbonyl (C=O) groups excluding carboxylic acids is 4. The number of primary amides is 1. The maximum Gasteiger partial charge on any atom is 0.408 e. The van der Waals surface area contributed by atoms with Crippen molar-refractivity contribution < 1.29 is 23.9 Å². The molecule has 0 radical (unpaired) electrons. The maximum atomic E-state index is 14.3. The lowest BCUT2D eigenvalue weighted by Crippen LogP contribution is -2.53. The van der Waals surface area contributed by atoms with Gasteiger partial charge in [-0.15, -0.1) is 0 Å². The SMILES string of the molecule is CCCCCN(C(=O)C(CCC(N)=O)NC(=O)OC(C)(C)C)C(C(=O)Nc1ccccc1C)c1cc(C)ccc1C. The summed E-state index contributed by atoms with van der Waals surface area (Å²) in [5.74, 6) is -1.46. The highest BCUT2D eigenvalue weighted by Crippen LogP contribution is 2.29. The van der Waals surface area contributed by atoms with E-state index in [2.05, 4.69) is 17.6 Å². The predicted octanol–water partition coefficient (Wildman–Crippen LogP) is 5.47. The van der Waals surface area contributed by atoms with Crippen molar-refractivity contribution in [2.24, 2.45) is 5.73 Å². The van der Waals surface area contributed by atoms with Gasteiger partial charge in [-0.25, -0.2) is 4.79 Å². The Morgan fingerprint density at radius 3 is 2.27 bits per heavy atom. The maximum absolute atomic E-state index is 14.3. The number of nitrogens with two attached hydrogens (primary N) is 1. The van der Waals surface area contributed by atoms with E-state index < -0.39 is 35.6 Å². The first-order valence-electron chi connectivity index (χ1n) is 14.3. The summed E-state index contributed by atoms with van der Waals surface area (Å²) >= 11 is 0. The third kappa shape index (κ3) is 10.6. The van der Waals surface area contributed by atoms with Gasteiger partial charge in [0.1, 0.15) is 17.7 Å². The zero-order valence-electron chi connectivity index (χ0n) is 25.5. The minimum atomic E-state index is -1.13. The number of amides is 4. The molecule has 0 fully saturated rings. The minimum absolute atomic E-state index is 0.0311. The van der Waals surface area contributed by atoms with Gasteiger partial charge in [0.05, 0.1) is 0 Å². The van der Waals surface area contributed by atoms with Crippen molar-refractivity contribution in [3.05, 3.63) is 64.7 Å². The molecule has 0 saturated carbocycles. The molecule has 4 N–H and O–H groups in total. The molecule has 0 aliphatic rings. The molecule has 4 amide bonds. The Hall–Kier alpha value is -3.88. The van der Waals surface area contributed by atoms with Gasteiger partial charge in [-0.05, 0) is 77.1 Å². The Balaban J connectivity index is 2.61. The minimum Gasteiger partial charge on any atom is -0.444 e. The molecule has 9 nitrogen and oxygen atoms in total. The van der Waals surface area contributed by atoms with Gasteiger partial charge >= 0.3 is 6.09 Å². The highest BCUT2D eigenvalue weighted by Gasteiger charge is 2.37. The van der Waals surface area contributed by atoms with Gasteiger partial charge in [0.15, 0.2) is 0 Å². The smallest absolute Gasteiger partial charge is 0.408 e. The van der Waals surface area contributed by atoms with Crippen molar-refractivity contribution in [1.29, 1.82) is 0 Å². The van der Waals surface area contributed by atoms with Crippen LogP contribution < -0.4 is 16.4 Å². The monoisotopic (exact) mass is 566 g/mol. The predicted molar refractivity (Wildman–Crippen MR) is 161 cm³/mol. The molecule has 0 aliphatic heterocycles. The highest BCUT2D eigenvalue weighted by atomic mass is 16.6. The molecular weight excluding hydrogens is 520 g/mol. The Bertz CT molecular complexity index is 1220. The second-order valence-corrected chi connectivity index (χ2v) is 11.5.